The molecular weight excluding hydrogens is 212 g/mol. The first-order chi connectivity index (χ1) is 6.57. The van der Waals surface area contributed by atoms with Gasteiger partial charge in [0, 0.05) is 5.56 Å². The van der Waals surface area contributed by atoms with Gasteiger partial charge >= 0.3 is 0 Å². The zero-order chi connectivity index (χ0) is 10.7. The van der Waals surface area contributed by atoms with Crippen LogP contribution in [0.15, 0.2) is 6.07 Å². The second-order valence-electron chi connectivity index (χ2n) is 2.87. The average Bonchev–Trinajstić information content (AvgIpc) is 2.15. The van der Waals surface area contributed by atoms with Crippen LogP contribution in [0.1, 0.15) is 12.0 Å². The SMILES string of the molecule is NCCCc1c(O)c(F)cc(Cl)c1F. The minimum absolute atomic E-state index is 0.111. The molecule has 0 bridgehead atoms. The predicted molar refractivity (Wildman–Crippen MR) is 50.4 cm³/mol. The summed E-state index contributed by atoms with van der Waals surface area (Å²) >= 11 is 5.41. The Morgan fingerprint density at radius 3 is 2.64 bits per heavy atom. The molecule has 5 heteroatoms. The van der Waals surface area contributed by atoms with Crippen LogP contribution in [0.25, 0.3) is 0 Å². The van der Waals surface area contributed by atoms with Crippen LogP contribution in [0.2, 0.25) is 5.02 Å². The molecule has 0 saturated heterocycles. The lowest BCUT2D eigenvalue weighted by Crippen LogP contribution is -2.03. The fourth-order valence-corrected chi connectivity index (χ4v) is 1.35. The van der Waals surface area contributed by atoms with Gasteiger partial charge in [0.05, 0.1) is 5.02 Å². The van der Waals surface area contributed by atoms with Gasteiger partial charge in [-0.3, -0.25) is 0 Å². The summed E-state index contributed by atoms with van der Waals surface area (Å²) in [6.45, 7) is 0.340. The summed E-state index contributed by atoms with van der Waals surface area (Å²) in [5, 5.41) is 8.89. The van der Waals surface area contributed by atoms with Crippen molar-refractivity contribution < 1.29 is 13.9 Å². The maximum Gasteiger partial charge on any atom is 0.166 e. The number of aromatic hydroxyl groups is 1. The highest BCUT2D eigenvalue weighted by atomic mass is 35.5. The number of rotatable bonds is 3. The quantitative estimate of drug-likeness (QED) is 0.769. The zero-order valence-electron chi connectivity index (χ0n) is 7.36. The Hall–Kier alpha value is -0.870. The molecule has 14 heavy (non-hydrogen) atoms. The number of hydrogen-bond acceptors (Lipinski definition) is 2. The summed E-state index contributed by atoms with van der Waals surface area (Å²) in [6.07, 6.45) is 0.635. The first-order valence-electron chi connectivity index (χ1n) is 4.13. The van der Waals surface area contributed by atoms with Gasteiger partial charge in [0.2, 0.25) is 0 Å². The monoisotopic (exact) mass is 221 g/mol. The Labute approximate surface area is 85.3 Å². The van der Waals surface area contributed by atoms with E-state index in [2.05, 4.69) is 0 Å². The van der Waals surface area contributed by atoms with Crippen LogP contribution in [0.3, 0.4) is 0 Å². The van der Waals surface area contributed by atoms with Crippen LogP contribution >= 0.6 is 11.6 Å². The Kier molecular flexibility index (Phi) is 3.66. The summed E-state index contributed by atoms with van der Waals surface area (Å²) in [6, 6.07) is 0.748. The van der Waals surface area contributed by atoms with Crippen LogP contribution < -0.4 is 5.73 Å². The van der Waals surface area contributed by atoms with Crippen molar-refractivity contribution in [3.05, 3.63) is 28.3 Å². The van der Waals surface area contributed by atoms with Crippen molar-refractivity contribution >= 4 is 11.6 Å². The van der Waals surface area contributed by atoms with E-state index < -0.39 is 17.4 Å². The largest absolute Gasteiger partial charge is 0.505 e. The van der Waals surface area contributed by atoms with Crippen molar-refractivity contribution in [2.45, 2.75) is 12.8 Å². The van der Waals surface area contributed by atoms with E-state index in [0.717, 1.165) is 6.07 Å². The Bertz CT molecular complexity index is 318. The molecule has 1 aromatic carbocycles. The van der Waals surface area contributed by atoms with Crippen molar-refractivity contribution in [3.63, 3.8) is 0 Å². The van der Waals surface area contributed by atoms with Crippen LogP contribution in [0, 0.1) is 11.6 Å². The molecule has 0 saturated carbocycles. The molecule has 0 aromatic heterocycles. The van der Waals surface area contributed by atoms with Crippen molar-refractivity contribution in [1.82, 2.24) is 0 Å². The van der Waals surface area contributed by atoms with Crippen LogP contribution in [-0.4, -0.2) is 11.7 Å². The Morgan fingerprint density at radius 1 is 1.43 bits per heavy atom. The normalized spacial score (nSPS) is 10.6. The molecule has 0 amide bonds. The molecule has 3 N–H and O–H groups in total. The maximum absolute atomic E-state index is 13.3. The fourth-order valence-electron chi connectivity index (χ4n) is 1.14. The standard InChI is InChI=1S/C9H10ClF2NO/c10-6-4-7(11)9(14)5(8(6)12)2-1-3-13/h4,14H,1-3,13H2. The van der Waals surface area contributed by atoms with Gasteiger partial charge in [-0.15, -0.1) is 0 Å². The van der Waals surface area contributed by atoms with Crippen molar-refractivity contribution in [3.8, 4) is 5.75 Å². The summed E-state index contributed by atoms with van der Waals surface area (Å²) in [4.78, 5) is 0. The summed E-state index contributed by atoms with van der Waals surface area (Å²) < 4.78 is 26.2. The van der Waals surface area contributed by atoms with E-state index in [1.54, 1.807) is 0 Å². The molecule has 0 aliphatic rings. The molecule has 0 fully saturated rings. The highest BCUT2D eigenvalue weighted by Gasteiger charge is 2.16. The Morgan fingerprint density at radius 2 is 2.07 bits per heavy atom. The molecule has 0 heterocycles. The minimum Gasteiger partial charge on any atom is -0.505 e. The van der Waals surface area contributed by atoms with Gasteiger partial charge in [-0.1, -0.05) is 11.6 Å². The van der Waals surface area contributed by atoms with Gasteiger partial charge in [-0.25, -0.2) is 8.78 Å². The van der Waals surface area contributed by atoms with Crippen molar-refractivity contribution in [1.29, 1.82) is 0 Å². The molecule has 0 spiro atoms. The zero-order valence-corrected chi connectivity index (χ0v) is 8.11. The highest BCUT2D eigenvalue weighted by Crippen LogP contribution is 2.30. The second-order valence-corrected chi connectivity index (χ2v) is 3.28. The van der Waals surface area contributed by atoms with E-state index in [0.29, 0.717) is 13.0 Å². The van der Waals surface area contributed by atoms with Crippen LogP contribution in [-0.2, 0) is 6.42 Å². The summed E-state index contributed by atoms with van der Waals surface area (Å²) in [5.74, 6) is -2.37. The molecule has 2 nitrogen and oxygen atoms in total. The lowest BCUT2D eigenvalue weighted by molar-refractivity contribution is 0.417. The lowest BCUT2D eigenvalue weighted by atomic mass is 10.1. The van der Waals surface area contributed by atoms with E-state index in [-0.39, 0.29) is 17.0 Å². The van der Waals surface area contributed by atoms with Crippen LogP contribution in [0.5, 0.6) is 5.75 Å². The summed E-state index contributed by atoms with van der Waals surface area (Å²) in [7, 11) is 0. The van der Waals surface area contributed by atoms with E-state index in [1.165, 1.54) is 0 Å². The number of halogens is 3. The second kappa shape index (κ2) is 4.57. The maximum atomic E-state index is 13.3. The number of phenolic OH excluding ortho intramolecular Hbond substituents is 1. The number of benzene rings is 1. The number of hydrogen-bond donors (Lipinski definition) is 2. The van der Waals surface area contributed by atoms with Gasteiger partial charge in [-0.2, -0.15) is 0 Å². The molecule has 0 unspecified atom stereocenters. The topological polar surface area (TPSA) is 46.2 Å². The lowest BCUT2D eigenvalue weighted by Gasteiger charge is -2.07. The molecular formula is C9H10ClF2NO. The molecule has 1 aromatic rings. The van der Waals surface area contributed by atoms with Gasteiger partial charge in [0.15, 0.2) is 11.6 Å². The first kappa shape index (κ1) is 11.2. The van der Waals surface area contributed by atoms with Crippen LogP contribution in [0.4, 0.5) is 8.78 Å². The van der Waals surface area contributed by atoms with Crippen molar-refractivity contribution in [2.24, 2.45) is 5.73 Å². The van der Waals surface area contributed by atoms with Gasteiger partial charge in [0.25, 0.3) is 0 Å². The Balaban J connectivity index is 3.11. The van der Waals surface area contributed by atoms with Crippen molar-refractivity contribution in [2.75, 3.05) is 6.54 Å². The third-order valence-electron chi connectivity index (χ3n) is 1.87. The fraction of sp³-hybridized carbons (Fsp3) is 0.333. The molecule has 78 valence electrons. The minimum atomic E-state index is -0.913. The molecule has 0 aliphatic heterocycles. The van der Waals surface area contributed by atoms with Gasteiger partial charge in [0.1, 0.15) is 5.82 Å². The van der Waals surface area contributed by atoms with E-state index in [4.69, 9.17) is 17.3 Å². The highest BCUT2D eigenvalue weighted by molar-refractivity contribution is 6.30. The third kappa shape index (κ3) is 2.13. The first-order valence-corrected chi connectivity index (χ1v) is 4.51. The molecule has 0 aliphatic carbocycles. The molecule has 1 rings (SSSR count). The third-order valence-corrected chi connectivity index (χ3v) is 2.15. The van der Waals surface area contributed by atoms with E-state index in [9.17, 15) is 13.9 Å². The predicted octanol–water partition coefficient (Wildman–Crippen LogP) is 2.22. The summed E-state index contributed by atoms with van der Waals surface area (Å²) in [5.41, 5.74) is 5.11. The van der Waals surface area contributed by atoms with Gasteiger partial charge in [-0.05, 0) is 25.5 Å². The van der Waals surface area contributed by atoms with E-state index >= 15 is 0 Å². The van der Waals surface area contributed by atoms with E-state index in [1.807, 2.05) is 0 Å². The molecule has 0 radical (unpaired) electrons. The smallest absolute Gasteiger partial charge is 0.166 e. The number of nitrogens with two attached hydrogens (primary N) is 1. The number of phenols is 1. The van der Waals surface area contributed by atoms with Gasteiger partial charge < -0.3 is 10.8 Å². The molecule has 0 atom stereocenters. The average molecular weight is 222 g/mol.